The van der Waals surface area contributed by atoms with Gasteiger partial charge in [-0.3, -0.25) is 5.32 Å². The monoisotopic (exact) mass is 339 g/mol. The summed E-state index contributed by atoms with van der Waals surface area (Å²) >= 11 is 0. The number of unbranched alkanes of at least 4 members (excludes halogenated alkanes) is 16. The van der Waals surface area contributed by atoms with Crippen LogP contribution in [0.5, 0.6) is 0 Å². The van der Waals surface area contributed by atoms with Gasteiger partial charge >= 0.3 is 6.09 Å². The summed E-state index contributed by atoms with van der Waals surface area (Å²) < 4.78 is 0. The summed E-state index contributed by atoms with van der Waals surface area (Å²) in [6.07, 6.45) is 25.5. The topological polar surface area (TPSA) is 49.3 Å². The van der Waals surface area contributed by atoms with Crippen LogP contribution in [0, 0.1) is 0 Å². The summed E-state index contributed by atoms with van der Waals surface area (Å²) in [6, 6.07) is 0. The van der Waals surface area contributed by atoms with Gasteiger partial charge < -0.3 is 5.11 Å². The molecule has 24 heavy (non-hydrogen) atoms. The Labute approximate surface area is 150 Å². The van der Waals surface area contributed by atoms with Crippen molar-refractivity contribution in [2.75, 3.05) is 0 Å². The Kier molecular flexibility index (Phi) is 19.2. The summed E-state index contributed by atoms with van der Waals surface area (Å²) in [5.41, 5.74) is 0. The minimum atomic E-state index is -0.988. The van der Waals surface area contributed by atoms with Crippen molar-refractivity contribution < 1.29 is 9.90 Å². The largest absolute Gasteiger partial charge is 0.465 e. The number of carboxylic acid groups (broad SMARTS) is 1. The van der Waals surface area contributed by atoms with E-state index < -0.39 is 6.09 Å². The van der Waals surface area contributed by atoms with E-state index in [0.29, 0.717) is 0 Å². The second-order valence-electron chi connectivity index (χ2n) is 6.94. The maximum atomic E-state index is 10.2. The molecule has 142 valence electrons. The van der Waals surface area contributed by atoms with E-state index in [1.54, 1.807) is 0 Å². The molecule has 0 aromatic heterocycles. The first kappa shape index (κ1) is 23.0. The number of nitrogens with one attached hydrogen (secondary N) is 1. The van der Waals surface area contributed by atoms with E-state index >= 15 is 0 Å². The van der Waals surface area contributed by atoms with Gasteiger partial charge in [0, 0.05) is 6.20 Å². The van der Waals surface area contributed by atoms with Gasteiger partial charge in [-0.1, -0.05) is 109 Å². The van der Waals surface area contributed by atoms with E-state index in [0.717, 1.165) is 12.8 Å². The van der Waals surface area contributed by atoms with Crippen molar-refractivity contribution in [1.82, 2.24) is 5.32 Å². The van der Waals surface area contributed by atoms with Gasteiger partial charge in [-0.05, 0) is 12.8 Å². The lowest BCUT2D eigenvalue weighted by atomic mass is 10.0. The third kappa shape index (κ3) is 21.0. The van der Waals surface area contributed by atoms with Crippen molar-refractivity contribution in [3.63, 3.8) is 0 Å². The van der Waals surface area contributed by atoms with Crippen molar-refractivity contribution in [3.8, 4) is 0 Å². The average Bonchev–Trinajstić information content (AvgIpc) is 2.56. The molecule has 0 aliphatic carbocycles. The van der Waals surface area contributed by atoms with Gasteiger partial charge in [0.1, 0.15) is 0 Å². The Bertz CT molecular complexity index is 290. The van der Waals surface area contributed by atoms with Crippen LogP contribution in [0.2, 0.25) is 0 Å². The molecular weight excluding hydrogens is 298 g/mol. The summed E-state index contributed by atoms with van der Waals surface area (Å²) in [5.74, 6) is 0. The number of rotatable bonds is 18. The fraction of sp³-hybridized carbons (Fsp3) is 0.857. The fourth-order valence-corrected chi connectivity index (χ4v) is 3.02. The van der Waals surface area contributed by atoms with Crippen LogP contribution in [0.25, 0.3) is 0 Å². The molecule has 0 atom stereocenters. The summed E-state index contributed by atoms with van der Waals surface area (Å²) in [6.45, 7) is 2.28. The van der Waals surface area contributed by atoms with Crippen molar-refractivity contribution in [2.24, 2.45) is 0 Å². The SMILES string of the molecule is CCCCCCCCCCCCCCCCCCC=CNC(=O)O. The van der Waals surface area contributed by atoms with Crippen molar-refractivity contribution in [3.05, 3.63) is 12.3 Å². The highest BCUT2D eigenvalue weighted by atomic mass is 16.4. The van der Waals surface area contributed by atoms with Crippen LogP contribution >= 0.6 is 0 Å². The minimum Gasteiger partial charge on any atom is -0.465 e. The zero-order valence-electron chi connectivity index (χ0n) is 16.0. The number of amides is 1. The molecule has 0 radical (unpaired) electrons. The number of allylic oxidation sites excluding steroid dienone is 1. The summed E-state index contributed by atoms with van der Waals surface area (Å²) in [4.78, 5) is 10.2. The second-order valence-corrected chi connectivity index (χ2v) is 6.94. The molecule has 0 rings (SSSR count). The zero-order chi connectivity index (χ0) is 17.7. The van der Waals surface area contributed by atoms with Crippen LogP contribution in [0.4, 0.5) is 4.79 Å². The lowest BCUT2D eigenvalue weighted by Crippen LogP contribution is -2.12. The summed E-state index contributed by atoms with van der Waals surface area (Å²) in [7, 11) is 0. The number of hydrogen-bond donors (Lipinski definition) is 2. The standard InChI is InChI=1S/C21H41NO2/c1-2-3-4-5-6-7-8-9-10-11-12-13-14-15-16-17-18-19-20-22-21(23)24/h19-20,22H,2-18H2,1H3,(H,23,24). The third-order valence-electron chi connectivity index (χ3n) is 4.55. The third-order valence-corrected chi connectivity index (χ3v) is 4.55. The van der Waals surface area contributed by atoms with Gasteiger partial charge in [-0.15, -0.1) is 0 Å². The smallest absolute Gasteiger partial charge is 0.408 e. The van der Waals surface area contributed by atoms with Crippen LogP contribution in [-0.2, 0) is 0 Å². The molecule has 2 N–H and O–H groups in total. The highest BCUT2D eigenvalue weighted by molar-refractivity contribution is 5.65. The molecule has 0 heterocycles. The minimum absolute atomic E-state index is 0.971. The molecule has 0 spiro atoms. The van der Waals surface area contributed by atoms with Crippen molar-refractivity contribution in [1.29, 1.82) is 0 Å². The molecule has 1 amide bonds. The predicted octanol–water partition coefficient (Wildman–Crippen LogP) is 7.42. The number of hydrogen-bond acceptors (Lipinski definition) is 1. The van der Waals surface area contributed by atoms with Crippen LogP contribution < -0.4 is 5.32 Å². The average molecular weight is 340 g/mol. The molecular formula is C21H41NO2. The second kappa shape index (κ2) is 20.1. The Morgan fingerprint density at radius 3 is 1.46 bits per heavy atom. The van der Waals surface area contributed by atoms with Crippen LogP contribution in [0.1, 0.15) is 116 Å². The molecule has 0 aromatic carbocycles. The maximum absolute atomic E-state index is 10.2. The zero-order valence-corrected chi connectivity index (χ0v) is 16.0. The maximum Gasteiger partial charge on any atom is 0.408 e. The van der Waals surface area contributed by atoms with Gasteiger partial charge in [0.05, 0.1) is 0 Å². The molecule has 0 saturated carbocycles. The molecule has 0 fully saturated rings. The molecule has 3 nitrogen and oxygen atoms in total. The van der Waals surface area contributed by atoms with Crippen molar-refractivity contribution in [2.45, 2.75) is 116 Å². The molecule has 0 bridgehead atoms. The van der Waals surface area contributed by atoms with Gasteiger partial charge in [0.15, 0.2) is 0 Å². The highest BCUT2D eigenvalue weighted by Gasteiger charge is 1.94. The van der Waals surface area contributed by atoms with Gasteiger partial charge in [-0.2, -0.15) is 0 Å². The molecule has 3 heteroatoms. The Balaban J connectivity index is 3.02. The van der Waals surface area contributed by atoms with Gasteiger partial charge in [-0.25, -0.2) is 4.79 Å². The normalized spacial score (nSPS) is 11.2. The Morgan fingerprint density at radius 1 is 0.708 bits per heavy atom. The van der Waals surface area contributed by atoms with Crippen LogP contribution in [0.3, 0.4) is 0 Å². The van der Waals surface area contributed by atoms with E-state index in [9.17, 15) is 4.79 Å². The van der Waals surface area contributed by atoms with E-state index in [-0.39, 0.29) is 0 Å². The first-order chi connectivity index (χ1) is 11.8. The van der Waals surface area contributed by atoms with E-state index in [1.165, 1.54) is 103 Å². The van der Waals surface area contributed by atoms with Crippen LogP contribution in [-0.4, -0.2) is 11.2 Å². The van der Waals surface area contributed by atoms with E-state index in [2.05, 4.69) is 12.2 Å². The summed E-state index contributed by atoms with van der Waals surface area (Å²) in [5, 5.41) is 10.6. The van der Waals surface area contributed by atoms with Gasteiger partial charge in [0.25, 0.3) is 0 Å². The molecule has 0 aromatic rings. The van der Waals surface area contributed by atoms with Gasteiger partial charge in [0.2, 0.25) is 0 Å². The quantitative estimate of drug-likeness (QED) is 0.255. The predicted molar refractivity (Wildman–Crippen MR) is 104 cm³/mol. The van der Waals surface area contributed by atoms with Crippen LogP contribution in [0.15, 0.2) is 12.3 Å². The lowest BCUT2D eigenvalue weighted by Gasteiger charge is -2.03. The highest BCUT2D eigenvalue weighted by Crippen LogP contribution is 2.13. The lowest BCUT2D eigenvalue weighted by molar-refractivity contribution is 0.198. The molecule has 0 aliphatic heterocycles. The van der Waals surface area contributed by atoms with E-state index in [4.69, 9.17) is 5.11 Å². The van der Waals surface area contributed by atoms with Crippen molar-refractivity contribution >= 4 is 6.09 Å². The van der Waals surface area contributed by atoms with E-state index in [1.807, 2.05) is 6.08 Å². The Morgan fingerprint density at radius 2 is 1.08 bits per heavy atom. The number of carbonyl (C=O) groups is 1. The molecule has 0 unspecified atom stereocenters. The first-order valence-electron chi connectivity index (χ1n) is 10.4. The Hall–Kier alpha value is -0.990. The molecule has 0 saturated heterocycles. The first-order valence-corrected chi connectivity index (χ1v) is 10.4. The fourth-order valence-electron chi connectivity index (χ4n) is 3.02. The molecule has 0 aliphatic rings.